The Morgan fingerprint density at radius 3 is 2.52 bits per heavy atom. The highest BCUT2D eigenvalue weighted by Crippen LogP contribution is 2.28. The number of nitrogen functional groups attached to an aromatic ring is 1. The molecule has 156 valence electrons. The summed E-state index contributed by atoms with van der Waals surface area (Å²) in [5.74, 6) is 6.47. The van der Waals surface area contributed by atoms with Crippen molar-refractivity contribution in [2.45, 2.75) is 59.6 Å². The van der Waals surface area contributed by atoms with E-state index in [0.717, 1.165) is 24.1 Å². The van der Waals surface area contributed by atoms with Crippen LogP contribution in [0.3, 0.4) is 0 Å². The molecular weight excluding hydrogens is 370 g/mol. The SMILES string of the molecule is CC.CCn1c(-c2nonc2N)nc2c(C#CC(C)(C)O)nc(CCCN)cc21. The maximum Gasteiger partial charge on any atom is 0.199 e. The van der Waals surface area contributed by atoms with Crippen molar-refractivity contribution in [2.24, 2.45) is 5.73 Å². The average Bonchev–Trinajstić information content (AvgIpc) is 3.28. The minimum Gasteiger partial charge on any atom is -0.379 e. The van der Waals surface area contributed by atoms with Crippen LogP contribution in [0, 0.1) is 11.8 Å². The van der Waals surface area contributed by atoms with Crippen LogP contribution in [-0.2, 0) is 13.0 Å². The van der Waals surface area contributed by atoms with E-state index in [2.05, 4.69) is 32.1 Å². The summed E-state index contributed by atoms with van der Waals surface area (Å²) < 4.78 is 6.69. The standard InChI is InChI=1S/C18H23N7O2.C2H6/c1-4-25-13-10-11(6-5-9-19)21-12(7-8-18(2,3)26)14(13)22-17(25)15-16(20)24-27-23-15;1-2/h10,26H,4-6,9,19H2,1-3H3,(H2,20,24);1-2H3. The lowest BCUT2D eigenvalue weighted by Gasteiger charge is -2.07. The van der Waals surface area contributed by atoms with E-state index in [1.807, 2.05) is 31.4 Å². The predicted octanol–water partition coefficient (Wildman–Crippen LogP) is 2.12. The van der Waals surface area contributed by atoms with Crippen LogP contribution in [0.4, 0.5) is 5.82 Å². The number of anilines is 1. The van der Waals surface area contributed by atoms with E-state index in [-0.39, 0.29) is 5.82 Å². The van der Waals surface area contributed by atoms with Crippen molar-refractivity contribution in [3.05, 3.63) is 17.5 Å². The van der Waals surface area contributed by atoms with Gasteiger partial charge in [-0.25, -0.2) is 14.6 Å². The fourth-order valence-electron chi connectivity index (χ4n) is 2.73. The molecule has 29 heavy (non-hydrogen) atoms. The number of imidazole rings is 1. The fraction of sp³-hybridized carbons (Fsp3) is 0.500. The third-order valence-electron chi connectivity index (χ3n) is 3.96. The first kappa shape index (κ1) is 22.3. The van der Waals surface area contributed by atoms with Crippen molar-refractivity contribution in [2.75, 3.05) is 12.3 Å². The first-order valence-corrected chi connectivity index (χ1v) is 9.78. The van der Waals surface area contributed by atoms with E-state index in [1.54, 1.807) is 13.8 Å². The summed E-state index contributed by atoms with van der Waals surface area (Å²) in [4.78, 5) is 9.29. The largest absolute Gasteiger partial charge is 0.379 e. The minimum atomic E-state index is -1.14. The molecular formula is C20H29N7O2. The van der Waals surface area contributed by atoms with Gasteiger partial charge in [-0.15, -0.1) is 0 Å². The number of aromatic nitrogens is 5. The molecule has 3 heterocycles. The number of pyridine rings is 1. The van der Waals surface area contributed by atoms with Crippen LogP contribution in [0.2, 0.25) is 0 Å². The third kappa shape index (κ3) is 5.10. The van der Waals surface area contributed by atoms with Crippen molar-refractivity contribution >= 4 is 16.9 Å². The molecule has 0 saturated carbocycles. The highest BCUT2D eigenvalue weighted by Gasteiger charge is 2.21. The van der Waals surface area contributed by atoms with Gasteiger partial charge in [-0.3, -0.25) is 0 Å². The van der Waals surface area contributed by atoms with Crippen LogP contribution in [0.25, 0.3) is 22.6 Å². The molecule has 0 aliphatic heterocycles. The lowest BCUT2D eigenvalue weighted by Crippen LogP contribution is -2.14. The topological polar surface area (TPSA) is 142 Å². The van der Waals surface area contributed by atoms with Crippen molar-refractivity contribution in [1.29, 1.82) is 0 Å². The molecule has 0 radical (unpaired) electrons. The molecule has 0 fully saturated rings. The van der Waals surface area contributed by atoms with Crippen LogP contribution in [0.15, 0.2) is 10.7 Å². The van der Waals surface area contributed by atoms with Gasteiger partial charge >= 0.3 is 0 Å². The molecule has 3 aromatic heterocycles. The molecule has 0 amide bonds. The number of nitrogens with two attached hydrogens (primary N) is 2. The van der Waals surface area contributed by atoms with Crippen molar-refractivity contribution < 1.29 is 9.74 Å². The monoisotopic (exact) mass is 399 g/mol. The summed E-state index contributed by atoms with van der Waals surface area (Å²) in [6.07, 6.45) is 1.53. The maximum absolute atomic E-state index is 9.96. The molecule has 0 spiro atoms. The van der Waals surface area contributed by atoms with Gasteiger partial charge in [-0.1, -0.05) is 19.8 Å². The fourth-order valence-corrected chi connectivity index (χ4v) is 2.73. The van der Waals surface area contributed by atoms with E-state index in [9.17, 15) is 5.11 Å². The number of nitrogens with zero attached hydrogens (tertiary/aromatic N) is 5. The van der Waals surface area contributed by atoms with Crippen LogP contribution in [0.1, 0.15) is 52.4 Å². The van der Waals surface area contributed by atoms with E-state index >= 15 is 0 Å². The van der Waals surface area contributed by atoms with E-state index in [1.165, 1.54) is 0 Å². The number of hydrogen-bond donors (Lipinski definition) is 3. The highest BCUT2D eigenvalue weighted by molar-refractivity contribution is 5.85. The molecule has 0 aliphatic carbocycles. The van der Waals surface area contributed by atoms with Gasteiger partial charge in [-0.2, -0.15) is 0 Å². The summed E-state index contributed by atoms with van der Waals surface area (Å²) in [6, 6.07) is 1.98. The summed E-state index contributed by atoms with van der Waals surface area (Å²) in [5, 5.41) is 17.5. The van der Waals surface area contributed by atoms with Crippen LogP contribution in [0.5, 0.6) is 0 Å². The number of fused-ring (bicyclic) bond motifs is 1. The molecule has 0 aliphatic rings. The average molecular weight is 399 g/mol. The van der Waals surface area contributed by atoms with Crippen LogP contribution in [-0.4, -0.2) is 42.1 Å². The lowest BCUT2D eigenvalue weighted by molar-refractivity contribution is 0.143. The molecule has 0 aromatic carbocycles. The molecule has 9 nitrogen and oxygen atoms in total. The molecule has 9 heteroatoms. The Morgan fingerprint density at radius 1 is 1.24 bits per heavy atom. The van der Waals surface area contributed by atoms with Gasteiger partial charge in [0.15, 0.2) is 17.3 Å². The molecule has 5 N–H and O–H groups in total. The minimum absolute atomic E-state index is 0.167. The van der Waals surface area contributed by atoms with Gasteiger partial charge in [0.1, 0.15) is 16.8 Å². The molecule has 3 aromatic rings. The van der Waals surface area contributed by atoms with Crippen molar-refractivity contribution in [3.8, 4) is 23.4 Å². The highest BCUT2D eigenvalue weighted by atomic mass is 16.6. The molecule has 3 rings (SSSR count). The Bertz CT molecular complexity index is 1020. The summed E-state index contributed by atoms with van der Waals surface area (Å²) in [5.41, 5.74) is 13.6. The summed E-state index contributed by atoms with van der Waals surface area (Å²) in [6.45, 7) is 10.4. The molecule has 0 unspecified atom stereocenters. The zero-order valence-corrected chi connectivity index (χ0v) is 17.7. The second kappa shape index (κ2) is 9.49. The van der Waals surface area contributed by atoms with E-state index < -0.39 is 5.60 Å². The Kier molecular flexibility index (Phi) is 7.31. The zero-order valence-electron chi connectivity index (χ0n) is 17.7. The van der Waals surface area contributed by atoms with E-state index in [4.69, 9.17) is 16.1 Å². The number of aliphatic hydroxyl groups is 1. The number of rotatable bonds is 5. The number of hydrogen-bond acceptors (Lipinski definition) is 8. The summed E-state index contributed by atoms with van der Waals surface area (Å²) >= 11 is 0. The Morgan fingerprint density at radius 2 is 1.97 bits per heavy atom. The van der Waals surface area contributed by atoms with E-state index in [0.29, 0.717) is 35.8 Å². The Hall–Kier alpha value is -2.96. The van der Waals surface area contributed by atoms with Crippen molar-refractivity contribution in [1.82, 2.24) is 24.8 Å². The molecule has 0 bridgehead atoms. The van der Waals surface area contributed by atoms with Gasteiger partial charge in [0.05, 0.1) is 5.52 Å². The molecule has 0 atom stereocenters. The van der Waals surface area contributed by atoms with Gasteiger partial charge in [0.25, 0.3) is 0 Å². The second-order valence-corrected chi connectivity index (χ2v) is 6.71. The van der Waals surface area contributed by atoms with Crippen molar-refractivity contribution in [3.63, 3.8) is 0 Å². The molecule has 0 saturated heterocycles. The lowest BCUT2D eigenvalue weighted by atomic mass is 10.1. The number of aryl methyl sites for hydroxylation is 2. The predicted molar refractivity (Wildman–Crippen MR) is 113 cm³/mol. The second-order valence-electron chi connectivity index (χ2n) is 6.71. The van der Waals surface area contributed by atoms with Gasteiger partial charge in [0, 0.05) is 12.2 Å². The normalized spacial score (nSPS) is 11.0. The van der Waals surface area contributed by atoms with Gasteiger partial charge in [-0.05, 0) is 62.5 Å². The third-order valence-corrected chi connectivity index (χ3v) is 3.96. The maximum atomic E-state index is 9.96. The first-order valence-electron chi connectivity index (χ1n) is 9.78. The smallest absolute Gasteiger partial charge is 0.199 e. The van der Waals surface area contributed by atoms with Gasteiger partial charge < -0.3 is 21.1 Å². The van der Waals surface area contributed by atoms with Gasteiger partial charge in [0.2, 0.25) is 0 Å². The Labute approximate surface area is 170 Å². The summed E-state index contributed by atoms with van der Waals surface area (Å²) in [7, 11) is 0. The van der Waals surface area contributed by atoms with Crippen LogP contribution < -0.4 is 11.5 Å². The first-order chi connectivity index (χ1) is 13.8. The van der Waals surface area contributed by atoms with Crippen LogP contribution >= 0.6 is 0 Å². The Balaban J connectivity index is 0.00000145. The zero-order chi connectivity index (χ0) is 21.6. The quantitative estimate of drug-likeness (QED) is 0.554.